The fourth-order valence-corrected chi connectivity index (χ4v) is 3.99. The summed E-state index contributed by atoms with van der Waals surface area (Å²) >= 11 is 0. The Morgan fingerprint density at radius 2 is 1.79 bits per heavy atom. The Morgan fingerprint density at radius 1 is 1.11 bits per heavy atom. The number of halogens is 3. The van der Waals surface area contributed by atoms with E-state index in [0.717, 1.165) is 11.1 Å². The quantitative estimate of drug-likeness (QED) is 0.594. The van der Waals surface area contributed by atoms with Gasteiger partial charge >= 0.3 is 0 Å². The lowest BCUT2D eigenvalue weighted by Crippen LogP contribution is -2.31. The van der Waals surface area contributed by atoms with Crippen LogP contribution >= 0.6 is 0 Å². The van der Waals surface area contributed by atoms with E-state index in [2.05, 4.69) is 9.97 Å². The van der Waals surface area contributed by atoms with Gasteiger partial charge in [-0.05, 0) is 37.1 Å². The Bertz CT molecular complexity index is 1020. The maximum atomic E-state index is 13.5. The lowest BCUT2D eigenvalue weighted by Gasteiger charge is -2.22. The van der Waals surface area contributed by atoms with E-state index in [1.54, 1.807) is 16.8 Å². The zero-order chi connectivity index (χ0) is 20.2. The van der Waals surface area contributed by atoms with E-state index in [9.17, 15) is 28.5 Å². The van der Waals surface area contributed by atoms with Crippen LogP contribution in [0.4, 0.5) is 13.2 Å². The highest BCUT2D eigenvalue weighted by atomic mass is 19.2. The van der Waals surface area contributed by atoms with Crippen LogP contribution in [-0.4, -0.2) is 42.1 Å². The fourth-order valence-electron chi connectivity index (χ4n) is 3.99. The molecule has 1 fully saturated rings. The number of fused-ring (bicyclic) bond motifs is 1. The largest absolute Gasteiger partial charge is 0.390 e. The van der Waals surface area contributed by atoms with Crippen LogP contribution in [0.3, 0.4) is 0 Å². The highest BCUT2D eigenvalue weighted by Gasteiger charge is 2.46. The fraction of sp³-hybridized carbons (Fsp3) is 0.368. The third-order valence-electron chi connectivity index (χ3n) is 5.52. The average molecular weight is 393 g/mol. The number of hydrogen-bond acceptors (Lipinski definition) is 5. The summed E-state index contributed by atoms with van der Waals surface area (Å²) < 4.78 is 41.9. The summed E-state index contributed by atoms with van der Waals surface area (Å²) in [5.41, 5.74) is 1.12. The number of aliphatic hydroxyl groups is 3. The molecule has 1 aliphatic rings. The summed E-state index contributed by atoms with van der Waals surface area (Å²) in [6.45, 7) is 1.82. The number of aromatic nitrogens is 3. The van der Waals surface area contributed by atoms with Gasteiger partial charge in [-0.25, -0.2) is 23.1 Å². The normalized spacial score (nSPS) is 26.1. The summed E-state index contributed by atoms with van der Waals surface area (Å²) in [4.78, 5) is 8.33. The van der Waals surface area contributed by atoms with Crippen LogP contribution in [-0.2, 0) is 0 Å². The molecule has 0 aliphatic heterocycles. The van der Waals surface area contributed by atoms with Gasteiger partial charge in [0.05, 0.1) is 23.9 Å². The van der Waals surface area contributed by atoms with Crippen molar-refractivity contribution in [2.24, 2.45) is 5.92 Å². The first-order valence-electron chi connectivity index (χ1n) is 8.76. The van der Waals surface area contributed by atoms with Crippen molar-refractivity contribution in [3.63, 3.8) is 0 Å². The molecule has 28 heavy (non-hydrogen) atoms. The van der Waals surface area contributed by atoms with Gasteiger partial charge < -0.3 is 19.9 Å². The number of aryl methyl sites for hydroxylation is 1. The zero-order valence-electron chi connectivity index (χ0n) is 14.8. The minimum atomic E-state index is -1.63. The minimum absolute atomic E-state index is 0.122. The molecule has 3 N–H and O–H groups in total. The van der Waals surface area contributed by atoms with Gasteiger partial charge in [0.2, 0.25) is 0 Å². The first-order chi connectivity index (χ1) is 13.3. The second-order valence-electron chi connectivity index (χ2n) is 7.11. The third kappa shape index (κ3) is 2.86. The standard InChI is InChI=1S/C19H18F3N3O3/c1-8-10-2-3-25(19(10)24-7-23-8)14-6-11(17(27)18(14)28)16(26)9-4-12(20)15(22)13(21)5-9/h2-5,7,11,14,16-18,26-28H,6H2,1H3/t11?,14?,16-,17+,18-/m0/s1. The first-order valence-corrected chi connectivity index (χ1v) is 8.76. The number of nitrogens with zero attached hydrogens (tertiary/aromatic N) is 3. The Hall–Kier alpha value is -2.49. The van der Waals surface area contributed by atoms with Crippen LogP contribution in [0.15, 0.2) is 30.7 Å². The van der Waals surface area contributed by atoms with Gasteiger partial charge in [0, 0.05) is 17.5 Å². The molecule has 2 heterocycles. The van der Waals surface area contributed by atoms with Crippen molar-refractivity contribution in [2.75, 3.05) is 0 Å². The Labute approximate surface area is 157 Å². The molecule has 4 rings (SSSR count). The van der Waals surface area contributed by atoms with Crippen LogP contribution < -0.4 is 0 Å². The van der Waals surface area contributed by atoms with E-state index in [1.807, 2.05) is 6.92 Å². The molecule has 148 valence electrons. The van der Waals surface area contributed by atoms with Gasteiger partial charge in [-0.2, -0.15) is 0 Å². The molecular formula is C19H18F3N3O3. The highest BCUT2D eigenvalue weighted by Crippen LogP contribution is 2.43. The van der Waals surface area contributed by atoms with Crippen molar-refractivity contribution < 1.29 is 28.5 Å². The van der Waals surface area contributed by atoms with Crippen molar-refractivity contribution in [2.45, 2.75) is 37.7 Å². The molecule has 6 nitrogen and oxygen atoms in total. The Morgan fingerprint density at radius 3 is 2.46 bits per heavy atom. The number of hydrogen-bond donors (Lipinski definition) is 3. The van der Waals surface area contributed by atoms with Crippen LogP contribution in [0, 0.1) is 30.3 Å². The molecule has 1 aliphatic carbocycles. The van der Waals surface area contributed by atoms with E-state index in [4.69, 9.17) is 0 Å². The molecular weight excluding hydrogens is 375 g/mol. The highest BCUT2D eigenvalue weighted by molar-refractivity contribution is 5.78. The van der Waals surface area contributed by atoms with Crippen LogP contribution in [0.25, 0.3) is 11.0 Å². The lowest BCUT2D eigenvalue weighted by molar-refractivity contribution is -0.0266. The summed E-state index contributed by atoms with van der Waals surface area (Å²) in [6, 6.07) is 2.56. The molecule has 1 aromatic carbocycles. The van der Waals surface area contributed by atoms with Gasteiger partial charge in [-0.15, -0.1) is 0 Å². The predicted molar refractivity (Wildman–Crippen MR) is 92.7 cm³/mol. The SMILES string of the molecule is Cc1ncnc2c1ccn2C1CC([C@@H](O)c2cc(F)c(F)c(F)c2)[C@@H](O)[C@H]1O. The van der Waals surface area contributed by atoms with Crippen molar-refractivity contribution in [3.8, 4) is 0 Å². The molecule has 0 radical (unpaired) electrons. The van der Waals surface area contributed by atoms with Crippen molar-refractivity contribution in [3.05, 3.63) is 59.4 Å². The van der Waals surface area contributed by atoms with Gasteiger partial charge in [-0.3, -0.25) is 0 Å². The molecule has 2 aromatic heterocycles. The molecule has 0 saturated heterocycles. The van der Waals surface area contributed by atoms with Crippen molar-refractivity contribution >= 4 is 11.0 Å². The van der Waals surface area contributed by atoms with Crippen molar-refractivity contribution in [1.29, 1.82) is 0 Å². The van der Waals surface area contributed by atoms with Gasteiger partial charge in [0.1, 0.15) is 18.1 Å². The second kappa shape index (κ2) is 6.84. The van der Waals surface area contributed by atoms with Crippen LogP contribution in [0.1, 0.15) is 29.8 Å². The molecule has 0 amide bonds. The zero-order valence-corrected chi connectivity index (χ0v) is 14.8. The van der Waals surface area contributed by atoms with Gasteiger partial charge in [-0.1, -0.05) is 0 Å². The number of benzene rings is 1. The molecule has 2 unspecified atom stereocenters. The number of rotatable bonds is 3. The first kappa shape index (κ1) is 18.9. The number of aliphatic hydroxyl groups excluding tert-OH is 3. The molecule has 9 heteroatoms. The predicted octanol–water partition coefficient (Wildman–Crippen LogP) is 2.17. The van der Waals surface area contributed by atoms with E-state index in [0.29, 0.717) is 17.8 Å². The monoisotopic (exact) mass is 393 g/mol. The molecule has 0 spiro atoms. The molecule has 1 saturated carbocycles. The van der Waals surface area contributed by atoms with Crippen LogP contribution in [0.2, 0.25) is 0 Å². The van der Waals surface area contributed by atoms with E-state index in [-0.39, 0.29) is 12.0 Å². The smallest absolute Gasteiger partial charge is 0.194 e. The van der Waals surface area contributed by atoms with Crippen LogP contribution in [0.5, 0.6) is 0 Å². The maximum absolute atomic E-state index is 13.5. The maximum Gasteiger partial charge on any atom is 0.194 e. The summed E-state index contributed by atoms with van der Waals surface area (Å²) in [6.07, 6.45) is -0.854. The second-order valence-corrected chi connectivity index (χ2v) is 7.11. The topological polar surface area (TPSA) is 91.4 Å². The van der Waals surface area contributed by atoms with Crippen molar-refractivity contribution in [1.82, 2.24) is 14.5 Å². The molecule has 3 aromatic rings. The Balaban J connectivity index is 1.67. The average Bonchev–Trinajstić information content (AvgIpc) is 3.21. The molecule has 5 atom stereocenters. The summed E-state index contributed by atoms with van der Waals surface area (Å²) in [7, 11) is 0. The summed E-state index contributed by atoms with van der Waals surface area (Å²) in [5, 5.41) is 32.4. The van der Waals surface area contributed by atoms with E-state index in [1.165, 1.54) is 6.33 Å². The lowest BCUT2D eigenvalue weighted by atomic mass is 9.92. The summed E-state index contributed by atoms with van der Waals surface area (Å²) in [5.74, 6) is -5.40. The van der Waals surface area contributed by atoms with Gasteiger partial charge in [0.15, 0.2) is 17.5 Å². The van der Waals surface area contributed by atoms with E-state index < -0.39 is 47.7 Å². The van der Waals surface area contributed by atoms with Gasteiger partial charge in [0.25, 0.3) is 0 Å². The van der Waals surface area contributed by atoms with E-state index >= 15 is 0 Å². The Kier molecular flexibility index (Phi) is 4.60. The molecule has 0 bridgehead atoms. The third-order valence-corrected chi connectivity index (χ3v) is 5.52. The minimum Gasteiger partial charge on any atom is -0.390 e.